The molecule has 2 N–H and O–H groups in total. The lowest BCUT2D eigenvalue weighted by Crippen LogP contribution is -2.50. The van der Waals surface area contributed by atoms with Crippen molar-refractivity contribution in [3.8, 4) is 0 Å². The fourth-order valence-electron chi connectivity index (χ4n) is 2.17. The van der Waals surface area contributed by atoms with Gasteiger partial charge in [0.2, 0.25) is 0 Å². The number of piperazine rings is 1. The number of nitrogens with zero attached hydrogens (tertiary/aromatic N) is 2. The van der Waals surface area contributed by atoms with Crippen LogP contribution >= 0.6 is 23.6 Å². The largest absolute Gasteiger partial charge is 0.465 e. The number of aliphatic hydroxyl groups is 1. The summed E-state index contributed by atoms with van der Waals surface area (Å²) >= 11 is 6.73. The van der Waals surface area contributed by atoms with Crippen molar-refractivity contribution >= 4 is 40.3 Å². The summed E-state index contributed by atoms with van der Waals surface area (Å²) in [5.74, 6) is -0.358. The molecule has 1 aliphatic rings. The predicted molar refractivity (Wildman–Crippen MR) is 87.0 cm³/mol. The molecule has 0 saturated carbocycles. The number of hydrogen-bond donors (Lipinski definition) is 2. The first-order chi connectivity index (χ1) is 10.2. The Hall–Kier alpha value is -1.22. The highest BCUT2D eigenvalue weighted by molar-refractivity contribution is 7.80. The second kappa shape index (κ2) is 7.69. The highest BCUT2D eigenvalue weighted by atomic mass is 32.1. The molecule has 116 valence electrons. The van der Waals surface area contributed by atoms with E-state index in [-0.39, 0.29) is 12.6 Å². The molecule has 0 amide bonds. The van der Waals surface area contributed by atoms with Gasteiger partial charge in [0.25, 0.3) is 0 Å². The molecule has 6 nitrogen and oxygen atoms in total. The average Bonchev–Trinajstić information content (AvgIpc) is 2.95. The Morgan fingerprint density at radius 3 is 2.81 bits per heavy atom. The maximum absolute atomic E-state index is 11.6. The number of ether oxygens (including phenoxy) is 1. The number of hydrogen-bond acceptors (Lipinski definition) is 6. The highest BCUT2D eigenvalue weighted by Gasteiger charge is 2.20. The molecule has 0 atom stereocenters. The van der Waals surface area contributed by atoms with Crippen LogP contribution in [-0.2, 0) is 4.74 Å². The van der Waals surface area contributed by atoms with E-state index < -0.39 is 0 Å². The van der Waals surface area contributed by atoms with E-state index in [0.29, 0.717) is 22.2 Å². The third kappa shape index (κ3) is 4.13. The van der Waals surface area contributed by atoms with E-state index >= 15 is 0 Å². The molecule has 1 aliphatic heterocycles. The topological polar surface area (TPSA) is 65.0 Å². The van der Waals surface area contributed by atoms with E-state index in [1.54, 1.807) is 0 Å². The number of β-amino-alcohol motifs (C(OH)–C–C–N with tert-alkyl or cyclic N) is 1. The SMILES string of the molecule is COC(=O)c1sccc1NC(=S)N1CCN(CCO)CC1. The number of carbonyl (C=O) groups is 1. The van der Waals surface area contributed by atoms with Gasteiger partial charge in [-0.15, -0.1) is 11.3 Å². The van der Waals surface area contributed by atoms with Crippen LogP contribution in [-0.4, -0.2) is 72.4 Å². The zero-order valence-electron chi connectivity index (χ0n) is 11.9. The van der Waals surface area contributed by atoms with Crippen molar-refractivity contribution in [2.45, 2.75) is 0 Å². The number of thiophene rings is 1. The Kier molecular flexibility index (Phi) is 5.92. The molecule has 1 fully saturated rings. The van der Waals surface area contributed by atoms with Gasteiger partial charge in [0.05, 0.1) is 19.4 Å². The van der Waals surface area contributed by atoms with Crippen LogP contribution in [0.2, 0.25) is 0 Å². The summed E-state index contributed by atoms with van der Waals surface area (Å²) in [4.78, 5) is 16.4. The molecule has 2 heterocycles. The molecule has 1 saturated heterocycles. The molecule has 21 heavy (non-hydrogen) atoms. The Bertz CT molecular complexity index is 499. The molecule has 1 aromatic rings. The molecule has 0 radical (unpaired) electrons. The minimum Gasteiger partial charge on any atom is -0.465 e. The molecule has 0 unspecified atom stereocenters. The average molecular weight is 329 g/mol. The van der Waals surface area contributed by atoms with Crippen molar-refractivity contribution in [2.24, 2.45) is 0 Å². The van der Waals surface area contributed by atoms with Gasteiger partial charge in [0.15, 0.2) is 5.11 Å². The van der Waals surface area contributed by atoms with E-state index in [1.807, 2.05) is 11.4 Å². The van der Waals surface area contributed by atoms with Gasteiger partial charge in [-0.25, -0.2) is 4.79 Å². The monoisotopic (exact) mass is 329 g/mol. The van der Waals surface area contributed by atoms with Crippen LogP contribution in [0.1, 0.15) is 9.67 Å². The van der Waals surface area contributed by atoms with Crippen LogP contribution in [0.5, 0.6) is 0 Å². The Morgan fingerprint density at radius 2 is 2.19 bits per heavy atom. The van der Waals surface area contributed by atoms with E-state index in [4.69, 9.17) is 22.1 Å². The second-order valence-corrected chi connectivity index (χ2v) is 5.94. The molecule has 0 aliphatic carbocycles. The molecule has 0 aromatic carbocycles. The van der Waals surface area contributed by atoms with E-state index in [0.717, 1.165) is 26.2 Å². The van der Waals surface area contributed by atoms with Crippen molar-refractivity contribution < 1.29 is 14.6 Å². The fourth-order valence-corrected chi connectivity index (χ4v) is 3.23. The van der Waals surface area contributed by atoms with Crippen LogP contribution < -0.4 is 5.32 Å². The summed E-state index contributed by atoms with van der Waals surface area (Å²) < 4.78 is 4.75. The Labute approximate surface area is 133 Å². The number of aliphatic hydroxyl groups excluding tert-OH is 1. The third-order valence-corrected chi connectivity index (χ3v) is 4.61. The van der Waals surface area contributed by atoms with Crippen LogP contribution in [0, 0.1) is 0 Å². The minimum absolute atomic E-state index is 0.181. The third-order valence-electron chi connectivity index (χ3n) is 3.35. The van der Waals surface area contributed by atoms with Crippen molar-refractivity contribution in [1.82, 2.24) is 9.80 Å². The first kappa shape index (κ1) is 16.2. The summed E-state index contributed by atoms with van der Waals surface area (Å²) in [7, 11) is 1.37. The van der Waals surface area contributed by atoms with Gasteiger partial charge in [-0.05, 0) is 23.7 Å². The molecule has 8 heteroatoms. The van der Waals surface area contributed by atoms with Gasteiger partial charge in [-0.1, -0.05) is 0 Å². The first-order valence-electron chi connectivity index (χ1n) is 6.70. The smallest absolute Gasteiger partial charge is 0.350 e. The Morgan fingerprint density at radius 1 is 1.48 bits per heavy atom. The van der Waals surface area contributed by atoms with Gasteiger partial charge < -0.3 is 20.1 Å². The van der Waals surface area contributed by atoms with Gasteiger partial charge >= 0.3 is 5.97 Å². The van der Waals surface area contributed by atoms with Crippen molar-refractivity contribution in [3.63, 3.8) is 0 Å². The van der Waals surface area contributed by atoms with Gasteiger partial charge in [0.1, 0.15) is 4.88 Å². The number of anilines is 1. The number of rotatable bonds is 4. The number of methoxy groups -OCH3 is 1. The number of thiocarbonyl (C=S) groups is 1. The predicted octanol–water partition coefficient (Wildman–Crippen LogP) is 0.841. The van der Waals surface area contributed by atoms with Crippen LogP contribution in [0.25, 0.3) is 0 Å². The quantitative estimate of drug-likeness (QED) is 0.627. The summed E-state index contributed by atoms with van der Waals surface area (Å²) in [5, 5.41) is 14.5. The number of esters is 1. The van der Waals surface area contributed by atoms with Gasteiger partial charge in [-0.3, -0.25) is 4.90 Å². The summed E-state index contributed by atoms with van der Waals surface area (Å²) in [6, 6.07) is 1.82. The first-order valence-corrected chi connectivity index (χ1v) is 7.99. The minimum atomic E-state index is -0.358. The lowest BCUT2D eigenvalue weighted by molar-refractivity contribution is 0.0607. The fraction of sp³-hybridized carbons (Fsp3) is 0.538. The zero-order valence-corrected chi connectivity index (χ0v) is 13.5. The van der Waals surface area contributed by atoms with E-state index in [9.17, 15) is 4.79 Å². The molecular formula is C13H19N3O3S2. The van der Waals surface area contributed by atoms with Gasteiger partial charge in [0, 0.05) is 32.7 Å². The zero-order chi connectivity index (χ0) is 15.2. The molecule has 1 aromatic heterocycles. The molecule has 2 rings (SSSR count). The van der Waals surface area contributed by atoms with Crippen molar-refractivity contribution in [2.75, 3.05) is 51.8 Å². The lowest BCUT2D eigenvalue weighted by atomic mass is 10.3. The summed E-state index contributed by atoms with van der Waals surface area (Å²) in [6.45, 7) is 4.24. The molecular weight excluding hydrogens is 310 g/mol. The summed E-state index contributed by atoms with van der Waals surface area (Å²) in [6.07, 6.45) is 0. The van der Waals surface area contributed by atoms with E-state index in [1.165, 1.54) is 18.4 Å². The van der Waals surface area contributed by atoms with Crippen LogP contribution in [0.15, 0.2) is 11.4 Å². The second-order valence-electron chi connectivity index (χ2n) is 4.64. The van der Waals surface area contributed by atoms with Crippen LogP contribution in [0.3, 0.4) is 0 Å². The number of carbonyl (C=O) groups excluding carboxylic acids is 1. The van der Waals surface area contributed by atoms with Gasteiger partial charge in [-0.2, -0.15) is 0 Å². The summed E-state index contributed by atoms with van der Waals surface area (Å²) in [5.41, 5.74) is 0.689. The molecule has 0 bridgehead atoms. The maximum Gasteiger partial charge on any atom is 0.350 e. The normalized spacial score (nSPS) is 15.8. The number of nitrogens with one attached hydrogen (secondary N) is 1. The van der Waals surface area contributed by atoms with Crippen LogP contribution in [0.4, 0.5) is 5.69 Å². The van der Waals surface area contributed by atoms with Crippen molar-refractivity contribution in [1.29, 1.82) is 0 Å². The lowest BCUT2D eigenvalue weighted by Gasteiger charge is -2.35. The standard InChI is InChI=1S/C13H19N3O3S2/c1-19-12(18)11-10(2-9-21-11)14-13(20)16-5-3-15(4-6-16)7-8-17/h2,9,17H,3-8H2,1H3,(H,14,20). The molecule has 0 spiro atoms. The van der Waals surface area contributed by atoms with Crippen molar-refractivity contribution in [3.05, 3.63) is 16.3 Å². The maximum atomic E-state index is 11.6. The Balaban J connectivity index is 1.91. The van der Waals surface area contributed by atoms with E-state index in [2.05, 4.69) is 15.1 Å². The highest BCUT2D eigenvalue weighted by Crippen LogP contribution is 2.23.